The van der Waals surface area contributed by atoms with Crippen molar-refractivity contribution in [3.63, 3.8) is 0 Å². The molecule has 3 heteroatoms. The Labute approximate surface area is 132 Å². The molecule has 1 N–H and O–H groups in total. The molecule has 0 atom stereocenters. The summed E-state index contributed by atoms with van der Waals surface area (Å²) < 4.78 is 0. The number of nitrogens with one attached hydrogen (secondary N) is 1. The lowest BCUT2D eigenvalue weighted by Crippen LogP contribution is -2.19. The number of hydrogen-bond acceptors (Lipinski definition) is 2. The lowest BCUT2D eigenvalue weighted by Gasteiger charge is -2.04. The second-order valence-electron chi connectivity index (χ2n) is 5.78. The number of hydrogen-bond donors (Lipinski definition) is 1. The summed E-state index contributed by atoms with van der Waals surface area (Å²) in [5.41, 5.74) is 7.00. The summed E-state index contributed by atoms with van der Waals surface area (Å²) in [7, 11) is 0. The third-order valence-corrected chi connectivity index (χ3v) is 3.49. The maximum absolute atomic E-state index is 11.8. The van der Waals surface area contributed by atoms with Gasteiger partial charge in [-0.15, -0.1) is 0 Å². The van der Waals surface area contributed by atoms with E-state index in [1.807, 2.05) is 43.3 Å². The third-order valence-electron chi connectivity index (χ3n) is 3.49. The van der Waals surface area contributed by atoms with Gasteiger partial charge in [-0.2, -0.15) is 5.10 Å². The van der Waals surface area contributed by atoms with E-state index in [-0.39, 0.29) is 5.91 Å². The van der Waals surface area contributed by atoms with E-state index in [4.69, 9.17) is 0 Å². The van der Waals surface area contributed by atoms with Gasteiger partial charge in [0.1, 0.15) is 0 Å². The molecular weight excluding hydrogens is 272 g/mol. The zero-order chi connectivity index (χ0) is 15.9. The topological polar surface area (TPSA) is 41.5 Å². The highest BCUT2D eigenvalue weighted by Gasteiger charge is 2.01. The van der Waals surface area contributed by atoms with Gasteiger partial charge in [-0.05, 0) is 29.5 Å². The quantitative estimate of drug-likeness (QED) is 0.661. The first-order chi connectivity index (χ1) is 10.5. The van der Waals surface area contributed by atoms with E-state index in [0.29, 0.717) is 12.3 Å². The predicted octanol–water partition coefficient (Wildman–Crippen LogP) is 3.81. The minimum absolute atomic E-state index is 0.112. The first-order valence-corrected chi connectivity index (χ1v) is 7.52. The zero-order valence-corrected chi connectivity index (χ0v) is 13.3. The van der Waals surface area contributed by atoms with Crippen LogP contribution in [0.4, 0.5) is 0 Å². The molecule has 0 spiro atoms. The third kappa shape index (κ3) is 4.85. The molecule has 1 amide bonds. The monoisotopic (exact) mass is 294 g/mol. The first-order valence-electron chi connectivity index (χ1n) is 7.52. The highest BCUT2D eigenvalue weighted by atomic mass is 16.2. The van der Waals surface area contributed by atoms with Crippen molar-refractivity contribution in [2.45, 2.75) is 33.1 Å². The van der Waals surface area contributed by atoms with Crippen molar-refractivity contribution in [3.8, 4) is 0 Å². The van der Waals surface area contributed by atoms with Gasteiger partial charge in [-0.25, -0.2) is 5.43 Å². The lowest BCUT2D eigenvalue weighted by atomic mass is 10.0. The molecule has 0 saturated heterocycles. The normalized spacial score (nSPS) is 11.1. The number of carbonyl (C=O) groups is 1. The SMILES string of the molecule is Cc1ccc(CC(=O)N/N=C\c2ccc(C(C)C)cc2)cc1. The fourth-order valence-electron chi connectivity index (χ4n) is 2.08. The second kappa shape index (κ2) is 7.55. The van der Waals surface area contributed by atoms with E-state index in [9.17, 15) is 4.79 Å². The second-order valence-corrected chi connectivity index (χ2v) is 5.78. The standard InChI is InChI=1S/C19H22N2O/c1-14(2)18-10-8-17(9-11-18)13-20-21-19(22)12-16-6-4-15(3)5-7-16/h4-11,13-14H,12H2,1-3H3,(H,21,22)/b20-13-. The van der Waals surface area contributed by atoms with E-state index in [1.54, 1.807) is 6.21 Å². The summed E-state index contributed by atoms with van der Waals surface area (Å²) in [5, 5.41) is 4.01. The largest absolute Gasteiger partial charge is 0.273 e. The molecule has 2 aromatic carbocycles. The molecule has 0 heterocycles. The van der Waals surface area contributed by atoms with Gasteiger partial charge in [0, 0.05) is 0 Å². The number of nitrogens with zero attached hydrogens (tertiary/aromatic N) is 1. The van der Waals surface area contributed by atoms with Crippen molar-refractivity contribution in [1.29, 1.82) is 0 Å². The molecule has 0 fully saturated rings. The molecule has 0 saturated carbocycles. The van der Waals surface area contributed by atoms with Crippen LogP contribution in [0.5, 0.6) is 0 Å². The average molecular weight is 294 g/mol. The van der Waals surface area contributed by atoms with Gasteiger partial charge >= 0.3 is 0 Å². The highest BCUT2D eigenvalue weighted by molar-refractivity contribution is 5.83. The van der Waals surface area contributed by atoms with Crippen LogP contribution in [0.1, 0.15) is 42.0 Å². The molecule has 114 valence electrons. The van der Waals surface area contributed by atoms with E-state index in [1.165, 1.54) is 11.1 Å². The molecule has 2 aromatic rings. The molecule has 0 unspecified atom stereocenters. The van der Waals surface area contributed by atoms with E-state index >= 15 is 0 Å². The van der Waals surface area contributed by atoms with E-state index in [0.717, 1.165) is 11.1 Å². The van der Waals surface area contributed by atoms with Crippen LogP contribution in [0, 0.1) is 6.92 Å². The summed E-state index contributed by atoms with van der Waals surface area (Å²) in [5.74, 6) is 0.402. The first kappa shape index (κ1) is 16.0. The van der Waals surface area contributed by atoms with Crippen LogP contribution in [0.2, 0.25) is 0 Å². The Morgan fingerprint density at radius 2 is 1.73 bits per heavy atom. The predicted molar refractivity (Wildman–Crippen MR) is 91.2 cm³/mol. The molecule has 0 aliphatic rings. The molecule has 0 bridgehead atoms. The Balaban J connectivity index is 1.86. The molecule has 0 aromatic heterocycles. The van der Waals surface area contributed by atoms with Gasteiger partial charge in [0.05, 0.1) is 12.6 Å². The van der Waals surface area contributed by atoms with Crippen LogP contribution < -0.4 is 5.43 Å². The Morgan fingerprint density at radius 3 is 2.32 bits per heavy atom. The number of aryl methyl sites for hydroxylation is 1. The zero-order valence-electron chi connectivity index (χ0n) is 13.3. The lowest BCUT2D eigenvalue weighted by molar-refractivity contribution is -0.120. The number of benzene rings is 2. The smallest absolute Gasteiger partial charge is 0.244 e. The van der Waals surface area contributed by atoms with Crippen LogP contribution in [0.15, 0.2) is 53.6 Å². The maximum atomic E-state index is 11.8. The van der Waals surface area contributed by atoms with Crippen molar-refractivity contribution in [2.75, 3.05) is 0 Å². The highest BCUT2D eigenvalue weighted by Crippen LogP contribution is 2.13. The molecular formula is C19H22N2O. The van der Waals surface area contributed by atoms with Crippen LogP contribution in [0.25, 0.3) is 0 Å². The van der Waals surface area contributed by atoms with Crippen molar-refractivity contribution in [2.24, 2.45) is 5.10 Å². The Kier molecular flexibility index (Phi) is 5.48. The minimum atomic E-state index is -0.112. The number of hydrazone groups is 1. The fraction of sp³-hybridized carbons (Fsp3) is 0.263. The van der Waals surface area contributed by atoms with Crippen LogP contribution >= 0.6 is 0 Å². The van der Waals surface area contributed by atoms with Gasteiger partial charge in [-0.3, -0.25) is 4.79 Å². The number of rotatable bonds is 5. The molecule has 0 aliphatic heterocycles. The van der Waals surface area contributed by atoms with E-state index < -0.39 is 0 Å². The van der Waals surface area contributed by atoms with Crippen molar-refractivity contribution in [1.82, 2.24) is 5.43 Å². The Morgan fingerprint density at radius 1 is 1.09 bits per heavy atom. The van der Waals surface area contributed by atoms with Gasteiger partial charge in [-0.1, -0.05) is 67.9 Å². The molecule has 22 heavy (non-hydrogen) atoms. The molecule has 0 radical (unpaired) electrons. The fourth-order valence-corrected chi connectivity index (χ4v) is 2.08. The van der Waals surface area contributed by atoms with Gasteiger partial charge < -0.3 is 0 Å². The van der Waals surface area contributed by atoms with Crippen LogP contribution in [0.3, 0.4) is 0 Å². The van der Waals surface area contributed by atoms with Crippen molar-refractivity contribution < 1.29 is 4.79 Å². The Hall–Kier alpha value is -2.42. The summed E-state index contributed by atoms with van der Waals surface area (Å²) in [6.07, 6.45) is 2.00. The van der Waals surface area contributed by atoms with Crippen molar-refractivity contribution in [3.05, 3.63) is 70.8 Å². The number of amides is 1. The minimum Gasteiger partial charge on any atom is -0.273 e. The van der Waals surface area contributed by atoms with E-state index in [2.05, 4.69) is 36.5 Å². The summed E-state index contributed by atoms with van der Waals surface area (Å²) in [4.78, 5) is 11.8. The summed E-state index contributed by atoms with van der Waals surface area (Å²) in [6.45, 7) is 6.35. The Bertz CT molecular complexity index is 640. The summed E-state index contributed by atoms with van der Waals surface area (Å²) in [6, 6.07) is 16.1. The van der Waals surface area contributed by atoms with Crippen molar-refractivity contribution >= 4 is 12.1 Å². The van der Waals surface area contributed by atoms with Gasteiger partial charge in [0.2, 0.25) is 5.91 Å². The molecule has 3 nitrogen and oxygen atoms in total. The molecule has 2 rings (SSSR count). The van der Waals surface area contributed by atoms with Crippen LogP contribution in [-0.2, 0) is 11.2 Å². The maximum Gasteiger partial charge on any atom is 0.244 e. The molecule has 0 aliphatic carbocycles. The van der Waals surface area contributed by atoms with Crippen LogP contribution in [-0.4, -0.2) is 12.1 Å². The van der Waals surface area contributed by atoms with Gasteiger partial charge in [0.25, 0.3) is 0 Å². The summed E-state index contributed by atoms with van der Waals surface area (Å²) >= 11 is 0. The number of carbonyl (C=O) groups excluding carboxylic acids is 1. The van der Waals surface area contributed by atoms with Gasteiger partial charge in [0.15, 0.2) is 0 Å². The average Bonchev–Trinajstić information content (AvgIpc) is 2.50.